The number of hydrogen-bond acceptors (Lipinski definition) is 6. The van der Waals surface area contributed by atoms with Gasteiger partial charge in [0.25, 0.3) is 0 Å². The fourth-order valence-electron chi connectivity index (χ4n) is 4.42. The van der Waals surface area contributed by atoms with Crippen molar-refractivity contribution >= 4 is 55.0 Å². The Labute approximate surface area is 203 Å². The zero-order valence-corrected chi connectivity index (χ0v) is 20.5. The van der Waals surface area contributed by atoms with Crippen LogP contribution in [0.25, 0.3) is 10.4 Å². The van der Waals surface area contributed by atoms with Crippen molar-refractivity contribution in [1.82, 2.24) is 0 Å². The average Bonchev–Trinajstić information content (AvgIpc) is 3.14. The summed E-state index contributed by atoms with van der Waals surface area (Å²) in [6.07, 6.45) is 0.847. The first kappa shape index (κ1) is 23.9. The zero-order chi connectivity index (χ0) is 24.0. The van der Waals surface area contributed by atoms with Crippen molar-refractivity contribution in [2.24, 2.45) is 0 Å². The number of rotatable bonds is 8. The third-order valence-corrected chi connectivity index (χ3v) is 9.14. The van der Waals surface area contributed by atoms with E-state index in [1.807, 2.05) is 0 Å². The van der Waals surface area contributed by atoms with Crippen LogP contribution in [0.2, 0.25) is 5.02 Å². The maximum absolute atomic E-state index is 12.7. The summed E-state index contributed by atoms with van der Waals surface area (Å²) >= 11 is 4.06. The summed E-state index contributed by atoms with van der Waals surface area (Å²) in [6, 6.07) is 18.5. The second kappa shape index (κ2) is 8.52. The van der Waals surface area contributed by atoms with Crippen LogP contribution < -0.4 is 4.31 Å². The second-order valence-electron chi connectivity index (χ2n) is 8.02. The van der Waals surface area contributed by atoms with Gasteiger partial charge in [-0.05, 0) is 41.8 Å². The molecule has 1 aliphatic rings. The summed E-state index contributed by atoms with van der Waals surface area (Å²) in [5.41, 5.74) is -2.16. The van der Waals surface area contributed by atoms with Gasteiger partial charge in [0.2, 0.25) is 0 Å². The van der Waals surface area contributed by atoms with Gasteiger partial charge in [0.15, 0.2) is 5.54 Å². The lowest BCUT2D eigenvalue weighted by Gasteiger charge is -2.35. The Morgan fingerprint density at radius 3 is 2.33 bits per heavy atom. The minimum absolute atomic E-state index is 0.172. The molecular formula is C22H19ClNO6S3-. The smallest absolute Gasteiger partial charge is 0.331 e. The van der Waals surface area contributed by atoms with Crippen LogP contribution in [0.5, 0.6) is 0 Å². The van der Waals surface area contributed by atoms with E-state index in [2.05, 4.69) is 0 Å². The number of carboxylic acids is 1. The number of sulfone groups is 1. The van der Waals surface area contributed by atoms with Crippen LogP contribution in [0, 0.1) is 0 Å². The number of anilines is 1. The van der Waals surface area contributed by atoms with E-state index in [1.54, 1.807) is 60.7 Å². The number of carbonyl (C=O) groups is 1. The van der Waals surface area contributed by atoms with Crippen LogP contribution in [0.3, 0.4) is 0 Å². The molecular weight excluding hydrogens is 506 g/mol. The maximum atomic E-state index is 12.7. The van der Waals surface area contributed by atoms with Crippen molar-refractivity contribution < 1.29 is 27.1 Å². The van der Waals surface area contributed by atoms with E-state index in [4.69, 9.17) is 11.6 Å². The van der Waals surface area contributed by atoms with E-state index in [0.29, 0.717) is 15.5 Å². The van der Waals surface area contributed by atoms with Crippen molar-refractivity contribution in [3.8, 4) is 10.4 Å². The van der Waals surface area contributed by atoms with Gasteiger partial charge in [0.05, 0.1) is 5.75 Å². The molecule has 174 valence electrons. The Morgan fingerprint density at radius 1 is 1.15 bits per heavy atom. The summed E-state index contributed by atoms with van der Waals surface area (Å²) in [6.45, 7) is 0. The monoisotopic (exact) mass is 524 g/mol. The molecule has 3 unspecified atom stereocenters. The number of hydrogen-bond donors (Lipinski definition) is 1. The first-order valence-corrected chi connectivity index (χ1v) is 14.0. The van der Waals surface area contributed by atoms with Crippen molar-refractivity contribution in [1.29, 1.82) is 0 Å². The third-order valence-electron chi connectivity index (χ3n) is 5.83. The lowest BCUT2D eigenvalue weighted by Crippen LogP contribution is -2.51. The molecule has 11 heteroatoms. The molecule has 1 aromatic heterocycles. The van der Waals surface area contributed by atoms with Crippen LogP contribution in [-0.4, -0.2) is 45.8 Å². The minimum atomic E-state index is -3.66. The van der Waals surface area contributed by atoms with Gasteiger partial charge in [0.1, 0.15) is 14.8 Å². The second-order valence-corrected chi connectivity index (χ2v) is 12.5. The highest BCUT2D eigenvalue weighted by atomic mass is 35.5. The fourth-order valence-corrected chi connectivity index (χ4v) is 8.01. The first-order valence-electron chi connectivity index (χ1n) is 9.72. The molecule has 0 spiro atoms. The van der Waals surface area contributed by atoms with Crippen LogP contribution in [0.4, 0.5) is 5.00 Å². The van der Waals surface area contributed by atoms with Gasteiger partial charge in [-0.1, -0.05) is 54.1 Å². The number of thiophene rings is 1. The molecule has 0 aliphatic heterocycles. The first-order chi connectivity index (χ1) is 15.5. The molecule has 33 heavy (non-hydrogen) atoms. The van der Waals surface area contributed by atoms with E-state index < -0.39 is 43.8 Å². The average molecular weight is 525 g/mol. The number of nitrogens with zero attached hydrogens (tertiary/aromatic N) is 1. The van der Waals surface area contributed by atoms with Crippen molar-refractivity contribution in [2.45, 2.75) is 17.4 Å². The maximum Gasteiger partial charge on any atom is 0.331 e. The Bertz CT molecular complexity index is 1330. The van der Waals surface area contributed by atoms with Crippen LogP contribution in [-0.2, 0) is 31.3 Å². The molecule has 3 atom stereocenters. The number of aliphatic carboxylic acids is 1. The molecule has 3 aromatic rings. The predicted molar refractivity (Wildman–Crippen MR) is 129 cm³/mol. The normalized spacial score (nSPS) is 23.1. The Hall–Kier alpha value is -2.24. The fraction of sp³-hybridized carbons (Fsp3) is 0.227. The molecule has 1 N–H and O–H groups in total. The summed E-state index contributed by atoms with van der Waals surface area (Å²) in [5.74, 6) is -1.90. The van der Waals surface area contributed by atoms with Gasteiger partial charge in [0, 0.05) is 32.8 Å². The van der Waals surface area contributed by atoms with E-state index in [-0.39, 0.29) is 11.4 Å². The van der Waals surface area contributed by atoms with Crippen molar-refractivity contribution in [2.75, 3.05) is 16.3 Å². The van der Waals surface area contributed by atoms with Crippen LogP contribution in [0.15, 0.2) is 66.7 Å². The summed E-state index contributed by atoms with van der Waals surface area (Å²) in [4.78, 5) is 13.4. The standard InChI is InChI=1S/C22H20ClNO6S3/c1-33(29,30)14-21(16-5-3-2-4-6-16)13-22(21,20(25)26)24(32(27)28)19-12-11-18(31-19)15-7-9-17(23)10-8-15/h2-12H,13-14H2,1H3,(H,25,26)(H,27,28)/p-1. The van der Waals surface area contributed by atoms with Crippen molar-refractivity contribution in [3.63, 3.8) is 0 Å². The van der Waals surface area contributed by atoms with E-state index in [1.165, 1.54) is 6.07 Å². The third kappa shape index (κ3) is 4.22. The van der Waals surface area contributed by atoms with Crippen LogP contribution >= 0.6 is 22.9 Å². The van der Waals surface area contributed by atoms with Crippen molar-refractivity contribution in [3.05, 3.63) is 77.3 Å². The highest BCUT2D eigenvalue weighted by molar-refractivity contribution is 7.90. The lowest BCUT2D eigenvalue weighted by atomic mass is 9.92. The number of halogens is 1. The van der Waals surface area contributed by atoms with Gasteiger partial charge < -0.3 is 9.66 Å². The molecule has 1 saturated carbocycles. The van der Waals surface area contributed by atoms with Gasteiger partial charge in [-0.25, -0.2) is 13.2 Å². The highest BCUT2D eigenvalue weighted by Gasteiger charge is 2.78. The molecule has 0 amide bonds. The summed E-state index contributed by atoms with van der Waals surface area (Å²) in [7, 11) is -3.66. The Balaban J connectivity index is 1.85. The van der Waals surface area contributed by atoms with Gasteiger partial charge >= 0.3 is 5.97 Å². The molecule has 1 aliphatic carbocycles. The molecule has 7 nitrogen and oxygen atoms in total. The highest BCUT2D eigenvalue weighted by Crippen LogP contribution is 2.63. The van der Waals surface area contributed by atoms with Gasteiger partial charge in [-0.3, -0.25) is 8.51 Å². The molecule has 0 bridgehead atoms. The predicted octanol–water partition coefficient (Wildman–Crippen LogP) is 3.88. The minimum Gasteiger partial charge on any atom is -0.755 e. The topological polar surface area (TPSA) is 115 Å². The van der Waals surface area contributed by atoms with E-state index in [0.717, 1.165) is 27.5 Å². The van der Waals surface area contributed by atoms with E-state index in [9.17, 15) is 27.1 Å². The summed E-state index contributed by atoms with van der Waals surface area (Å²) in [5, 5.41) is 11.0. The molecule has 0 saturated heterocycles. The quantitative estimate of drug-likeness (QED) is 0.447. The number of carboxylic acid groups (broad SMARTS) is 1. The molecule has 0 radical (unpaired) electrons. The molecule has 1 fully saturated rings. The van der Waals surface area contributed by atoms with Gasteiger partial charge in [-0.2, -0.15) is 0 Å². The molecule has 1 heterocycles. The zero-order valence-electron chi connectivity index (χ0n) is 17.3. The molecule has 4 rings (SSSR count). The largest absolute Gasteiger partial charge is 0.755 e. The van der Waals surface area contributed by atoms with Gasteiger partial charge in [-0.15, -0.1) is 11.3 Å². The lowest BCUT2D eigenvalue weighted by molar-refractivity contribution is -0.139. The Kier molecular flexibility index (Phi) is 6.17. The summed E-state index contributed by atoms with van der Waals surface area (Å²) < 4.78 is 50.4. The van der Waals surface area contributed by atoms with E-state index >= 15 is 0 Å². The SMILES string of the molecule is CS(=O)(=O)CC1(c2ccccc2)CC1(C(=O)O)N(c1ccc(-c2ccc(Cl)cc2)s1)S(=O)[O-]. The van der Waals surface area contributed by atoms with Crippen LogP contribution in [0.1, 0.15) is 12.0 Å². The Morgan fingerprint density at radius 2 is 1.79 bits per heavy atom. The number of benzene rings is 2. The molecule has 2 aromatic carbocycles.